The Morgan fingerprint density at radius 1 is 1.00 bits per heavy atom. The molecular formula is C24H20N2O2. The van der Waals surface area contributed by atoms with Crippen LogP contribution in [0.2, 0.25) is 0 Å². The molecule has 0 unspecified atom stereocenters. The van der Waals surface area contributed by atoms with Crippen molar-refractivity contribution >= 4 is 22.1 Å². The highest BCUT2D eigenvalue weighted by atomic mass is 16.6. The first-order valence-corrected chi connectivity index (χ1v) is 9.95. The molecule has 0 saturated heterocycles. The lowest BCUT2D eigenvalue weighted by Crippen LogP contribution is -2.29. The molecule has 3 aromatic rings. The van der Waals surface area contributed by atoms with Crippen LogP contribution in [0.3, 0.4) is 0 Å². The van der Waals surface area contributed by atoms with Gasteiger partial charge in [-0.05, 0) is 64.3 Å². The number of fused-ring (bicyclic) bond motifs is 3. The van der Waals surface area contributed by atoms with Gasteiger partial charge in [-0.3, -0.25) is 10.1 Å². The van der Waals surface area contributed by atoms with Crippen LogP contribution < -0.4 is 5.32 Å². The number of allylic oxidation sites excluding steroid dienone is 2. The fourth-order valence-electron chi connectivity index (χ4n) is 5.54. The summed E-state index contributed by atoms with van der Waals surface area (Å²) in [4.78, 5) is 10.9. The van der Waals surface area contributed by atoms with Crippen LogP contribution >= 0.6 is 0 Å². The van der Waals surface area contributed by atoms with Crippen LogP contribution in [0.1, 0.15) is 40.6 Å². The normalized spacial score (nSPS) is 24.1. The van der Waals surface area contributed by atoms with Gasteiger partial charge in [-0.1, -0.05) is 42.5 Å². The summed E-state index contributed by atoms with van der Waals surface area (Å²) < 4.78 is 0. The van der Waals surface area contributed by atoms with E-state index in [1.807, 2.05) is 6.07 Å². The fraction of sp³-hybridized carbons (Fsp3) is 0.250. The van der Waals surface area contributed by atoms with E-state index in [1.54, 1.807) is 12.1 Å². The van der Waals surface area contributed by atoms with Crippen molar-refractivity contribution in [2.24, 2.45) is 5.92 Å². The molecule has 1 aliphatic heterocycles. The minimum absolute atomic E-state index is 0.170. The van der Waals surface area contributed by atoms with E-state index in [4.69, 9.17) is 0 Å². The Morgan fingerprint density at radius 3 is 2.71 bits per heavy atom. The molecule has 4 nitrogen and oxygen atoms in total. The van der Waals surface area contributed by atoms with Crippen LogP contribution in [0.15, 0.2) is 60.7 Å². The maximum Gasteiger partial charge on any atom is 0.269 e. The first-order valence-electron chi connectivity index (χ1n) is 9.95. The third-order valence-electron chi connectivity index (χ3n) is 6.80. The second-order valence-electron chi connectivity index (χ2n) is 8.16. The summed E-state index contributed by atoms with van der Waals surface area (Å²) in [6.45, 7) is 0. The van der Waals surface area contributed by atoms with E-state index in [0.29, 0.717) is 5.92 Å². The van der Waals surface area contributed by atoms with Crippen LogP contribution in [-0.2, 0) is 12.8 Å². The molecule has 0 spiro atoms. The van der Waals surface area contributed by atoms with E-state index in [9.17, 15) is 10.1 Å². The average molecular weight is 368 g/mol. The number of nitro groups is 1. The second-order valence-corrected chi connectivity index (χ2v) is 8.16. The zero-order chi connectivity index (χ0) is 18.8. The van der Waals surface area contributed by atoms with Gasteiger partial charge in [0.25, 0.3) is 5.69 Å². The predicted octanol–water partition coefficient (Wildman–Crippen LogP) is 5.67. The monoisotopic (exact) mass is 368 g/mol. The van der Waals surface area contributed by atoms with Gasteiger partial charge in [0.15, 0.2) is 0 Å². The third-order valence-corrected chi connectivity index (χ3v) is 6.80. The third kappa shape index (κ3) is 2.12. The SMILES string of the molecule is O=[N+]([O-])c1ccc2c(c1)[C@@H]1C=CC[C@@H]1[C@H](c1ccc3c4c(cccc14)CC3)N2. The molecule has 138 valence electrons. The van der Waals surface area contributed by atoms with Crippen LogP contribution in [0.25, 0.3) is 10.8 Å². The lowest BCUT2D eigenvalue weighted by molar-refractivity contribution is -0.384. The summed E-state index contributed by atoms with van der Waals surface area (Å²) in [5, 5.41) is 17.8. The van der Waals surface area contributed by atoms with Crippen molar-refractivity contribution in [2.75, 3.05) is 5.32 Å². The zero-order valence-electron chi connectivity index (χ0n) is 15.4. The minimum atomic E-state index is -0.302. The van der Waals surface area contributed by atoms with Crippen molar-refractivity contribution in [3.8, 4) is 0 Å². The summed E-state index contributed by atoms with van der Waals surface area (Å²) in [6, 6.07) is 16.7. The number of nitrogens with one attached hydrogen (secondary N) is 1. The van der Waals surface area contributed by atoms with Crippen LogP contribution in [0.5, 0.6) is 0 Å². The lowest BCUT2D eigenvalue weighted by Gasteiger charge is -2.38. The van der Waals surface area contributed by atoms with Crippen LogP contribution in [0.4, 0.5) is 11.4 Å². The summed E-state index contributed by atoms with van der Waals surface area (Å²) >= 11 is 0. The molecule has 6 rings (SSSR count). The van der Waals surface area contributed by atoms with Crippen molar-refractivity contribution in [3.63, 3.8) is 0 Å². The zero-order valence-corrected chi connectivity index (χ0v) is 15.4. The van der Waals surface area contributed by atoms with Gasteiger partial charge in [-0.15, -0.1) is 0 Å². The highest BCUT2D eigenvalue weighted by Crippen LogP contribution is 2.51. The number of aryl methyl sites for hydroxylation is 2. The quantitative estimate of drug-likeness (QED) is 0.360. The van der Waals surface area contributed by atoms with Gasteiger partial charge in [-0.2, -0.15) is 0 Å². The molecule has 0 bridgehead atoms. The van der Waals surface area contributed by atoms with E-state index in [-0.39, 0.29) is 22.6 Å². The molecule has 3 aromatic carbocycles. The largest absolute Gasteiger partial charge is 0.378 e. The molecular weight excluding hydrogens is 348 g/mol. The highest BCUT2D eigenvalue weighted by Gasteiger charge is 2.39. The number of nitro benzene ring substituents is 1. The number of rotatable bonds is 2. The Bertz CT molecular complexity index is 1170. The summed E-state index contributed by atoms with van der Waals surface area (Å²) in [6.07, 6.45) is 7.73. The van der Waals surface area contributed by atoms with Crippen molar-refractivity contribution in [2.45, 2.75) is 31.2 Å². The van der Waals surface area contributed by atoms with Crippen LogP contribution in [-0.4, -0.2) is 4.92 Å². The predicted molar refractivity (Wildman–Crippen MR) is 111 cm³/mol. The molecule has 4 heteroatoms. The number of anilines is 1. The maximum atomic E-state index is 11.2. The summed E-state index contributed by atoms with van der Waals surface area (Å²) in [5.74, 6) is 0.608. The number of benzene rings is 3. The lowest BCUT2D eigenvalue weighted by atomic mass is 9.76. The van der Waals surface area contributed by atoms with E-state index in [1.165, 1.54) is 27.5 Å². The van der Waals surface area contributed by atoms with Gasteiger partial charge in [0.2, 0.25) is 0 Å². The van der Waals surface area contributed by atoms with E-state index < -0.39 is 0 Å². The Balaban J connectivity index is 1.51. The number of hydrogen-bond acceptors (Lipinski definition) is 3. The van der Waals surface area contributed by atoms with Gasteiger partial charge in [0.1, 0.15) is 0 Å². The van der Waals surface area contributed by atoms with Gasteiger partial charge < -0.3 is 5.32 Å². The summed E-state index contributed by atoms with van der Waals surface area (Å²) in [5.41, 5.74) is 6.51. The maximum absolute atomic E-state index is 11.2. The molecule has 1 N–H and O–H groups in total. The van der Waals surface area contributed by atoms with Crippen LogP contribution in [0, 0.1) is 16.0 Å². The van der Waals surface area contributed by atoms with Gasteiger partial charge in [0, 0.05) is 23.7 Å². The molecule has 1 heterocycles. The van der Waals surface area contributed by atoms with Crippen molar-refractivity contribution in [3.05, 3.63) is 93.1 Å². The number of nitrogens with zero attached hydrogens (tertiary/aromatic N) is 1. The van der Waals surface area contributed by atoms with E-state index in [0.717, 1.165) is 30.5 Å². The van der Waals surface area contributed by atoms with Gasteiger partial charge in [-0.25, -0.2) is 0 Å². The van der Waals surface area contributed by atoms with Gasteiger partial charge >= 0.3 is 0 Å². The van der Waals surface area contributed by atoms with Crippen molar-refractivity contribution in [1.29, 1.82) is 0 Å². The highest BCUT2D eigenvalue weighted by molar-refractivity contribution is 5.94. The second kappa shape index (κ2) is 5.68. The molecule has 28 heavy (non-hydrogen) atoms. The van der Waals surface area contributed by atoms with E-state index >= 15 is 0 Å². The standard InChI is InChI=1S/C24H20N2O2/c27-26(28)16-10-12-22-21(13-16)17-4-2-6-19(17)24(25-22)20-11-9-15-8-7-14-3-1-5-18(20)23(14)15/h1-5,9-13,17,19,24-25H,6-8H2/t17-,19+,24-/m1/s1. The molecule has 0 fully saturated rings. The molecule has 0 aromatic heterocycles. The van der Waals surface area contributed by atoms with Crippen molar-refractivity contribution in [1.82, 2.24) is 0 Å². The molecule has 0 radical (unpaired) electrons. The molecule has 3 atom stereocenters. The Labute approximate surface area is 163 Å². The number of non-ortho nitro benzene ring substituents is 1. The first kappa shape index (κ1) is 15.9. The van der Waals surface area contributed by atoms with E-state index in [2.05, 4.69) is 47.8 Å². The average Bonchev–Trinajstić information content (AvgIpc) is 3.36. The Kier molecular flexibility index (Phi) is 3.22. The summed E-state index contributed by atoms with van der Waals surface area (Å²) in [7, 11) is 0. The molecule has 3 aliphatic rings. The minimum Gasteiger partial charge on any atom is -0.378 e. The smallest absolute Gasteiger partial charge is 0.269 e. The Hall–Kier alpha value is -3.14. The molecule has 2 aliphatic carbocycles. The van der Waals surface area contributed by atoms with Crippen molar-refractivity contribution < 1.29 is 4.92 Å². The molecule has 0 saturated carbocycles. The topological polar surface area (TPSA) is 55.2 Å². The Morgan fingerprint density at radius 2 is 1.86 bits per heavy atom. The van der Waals surface area contributed by atoms with Gasteiger partial charge in [0.05, 0.1) is 11.0 Å². The fourth-order valence-corrected chi connectivity index (χ4v) is 5.54. The first-order chi connectivity index (χ1) is 13.7. The molecule has 0 amide bonds. The number of hydrogen-bond donors (Lipinski definition) is 1.